The first-order chi connectivity index (χ1) is 13.9. The van der Waals surface area contributed by atoms with Gasteiger partial charge < -0.3 is 15.1 Å². The number of hydrogen-bond donors (Lipinski definition) is 1. The molecule has 3 heterocycles. The Bertz CT molecular complexity index is 917. The molecular formula is C23H28N4O2. The van der Waals surface area contributed by atoms with Crippen LogP contribution in [0.2, 0.25) is 0 Å². The van der Waals surface area contributed by atoms with Crippen LogP contribution < -0.4 is 10.2 Å². The molecule has 2 amide bonds. The highest BCUT2D eigenvalue weighted by atomic mass is 16.2. The summed E-state index contributed by atoms with van der Waals surface area (Å²) in [4.78, 5) is 33.7. The fourth-order valence-corrected chi connectivity index (χ4v) is 4.35. The largest absolute Gasteiger partial charge is 0.353 e. The predicted octanol–water partition coefficient (Wildman–Crippen LogP) is 2.65. The normalized spacial score (nSPS) is 22.0. The second-order valence-corrected chi connectivity index (χ2v) is 8.25. The minimum absolute atomic E-state index is 0.0500. The first-order valence-electron chi connectivity index (χ1n) is 10.3. The molecule has 6 nitrogen and oxygen atoms in total. The monoisotopic (exact) mass is 392 g/mol. The molecule has 2 aliphatic heterocycles. The van der Waals surface area contributed by atoms with Crippen LogP contribution in [-0.4, -0.2) is 53.9 Å². The lowest BCUT2D eigenvalue weighted by Crippen LogP contribution is -2.49. The number of aryl methyl sites for hydroxylation is 2. The molecule has 0 aliphatic carbocycles. The van der Waals surface area contributed by atoms with Gasteiger partial charge in [0.25, 0.3) is 5.91 Å². The van der Waals surface area contributed by atoms with Crippen LogP contribution in [0.5, 0.6) is 0 Å². The van der Waals surface area contributed by atoms with E-state index in [2.05, 4.69) is 28.2 Å². The van der Waals surface area contributed by atoms with Gasteiger partial charge in [0, 0.05) is 44.0 Å². The lowest BCUT2D eigenvalue weighted by molar-refractivity contribution is -0.120. The number of benzene rings is 1. The molecule has 2 fully saturated rings. The van der Waals surface area contributed by atoms with Gasteiger partial charge in [0.15, 0.2) is 0 Å². The number of pyridine rings is 1. The molecule has 0 radical (unpaired) electrons. The Morgan fingerprint density at radius 1 is 1.10 bits per heavy atom. The summed E-state index contributed by atoms with van der Waals surface area (Å²) in [6.45, 7) is 9.06. The third-order valence-corrected chi connectivity index (χ3v) is 5.91. The third-order valence-electron chi connectivity index (χ3n) is 5.91. The number of carbonyl (C=O) groups excluding carboxylic acids is 2. The van der Waals surface area contributed by atoms with E-state index < -0.39 is 0 Å². The molecule has 1 aromatic carbocycles. The Balaban J connectivity index is 1.39. The molecule has 152 valence electrons. The number of piperazine rings is 1. The van der Waals surface area contributed by atoms with Gasteiger partial charge in [-0.15, -0.1) is 0 Å². The molecule has 2 atom stereocenters. The fourth-order valence-electron chi connectivity index (χ4n) is 4.35. The average Bonchev–Trinajstić information content (AvgIpc) is 3.06. The topological polar surface area (TPSA) is 65.5 Å². The number of hydrogen-bond acceptors (Lipinski definition) is 4. The van der Waals surface area contributed by atoms with E-state index in [-0.39, 0.29) is 23.8 Å². The van der Waals surface area contributed by atoms with Crippen LogP contribution in [0, 0.1) is 13.8 Å². The first kappa shape index (κ1) is 19.4. The zero-order chi connectivity index (χ0) is 20.5. The number of nitrogens with zero attached hydrogens (tertiary/aromatic N) is 3. The third kappa shape index (κ3) is 3.97. The Morgan fingerprint density at radius 2 is 1.79 bits per heavy atom. The Morgan fingerprint density at radius 3 is 2.38 bits per heavy atom. The van der Waals surface area contributed by atoms with E-state index in [1.807, 2.05) is 49.2 Å². The minimum Gasteiger partial charge on any atom is -0.353 e. The quantitative estimate of drug-likeness (QED) is 0.872. The Labute approximate surface area is 171 Å². The van der Waals surface area contributed by atoms with Crippen LogP contribution in [0.15, 0.2) is 36.5 Å². The molecule has 1 N–H and O–H groups in total. The summed E-state index contributed by atoms with van der Waals surface area (Å²) in [5.74, 6) is 1.03. The van der Waals surface area contributed by atoms with Crippen LogP contribution in [0.25, 0.3) is 0 Å². The smallest absolute Gasteiger partial charge is 0.253 e. The van der Waals surface area contributed by atoms with Gasteiger partial charge in [0.05, 0.1) is 5.92 Å². The first-order valence-corrected chi connectivity index (χ1v) is 10.3. The van der Waals surface area contributed by atoms with Gasteiger partial charge in [-0.25, -0.2) is 4.98 Å². The molecule has 4 rings (SSSR count). The van der Waals surface area contributed by atoms with Crippen molar-refractivity contribution in [2.45, 2.75) is 39.2 Å². The summed E-state index contributed by atoms with van der Waals surface area (Å²) >= 11 is 0. The standard InChI is InChI=1S/C23H28N4O2/c1-15-12-16(2)21(24-14-15)26-8-10-27(11-9-26)23(29)19-6-4-18(5-7-19)20-13-17(3)25-22(20)28/h4-7,12,14,17,20H,8-11,13H2,1-3H3,(H,25,28). The summed E-state index contributed by atoms with van der Waals surface area (Å²) in [7, 11) is 0. The molecule has 2 aliphatic rings. The number of amides is 2. The highest BCUT2D eigenvalue weighted by molar-refractivity contribution is 5.94. The number of carbonyl (C=O) groups is 2. The van der Waals surface area contributed by atoms with E-state index in [1.165, 1.54) is 5.56 Å². The van der Waals surface area contributed by atoms with Crippen LogP contribution in [0.4, 0.5) is 5.82 Å². The summed E-state index contributed by atoms with van der Waals surface area (Å²) in [5, 5.41) is 2.96. The highest BCUT2D eigenvalue weighted by Gasteiger charge is 2.31. The Kier molecular flexibility index (Phi) is 5.26. The van der Waals surface area contributed by atoms with Crippen molar-refractivity contribution in [3.05, 3.63) is 58.8 Å². The zero-order valence-corrected chi connectivity index (χ0v) is 17.3. The van der Waals surface area contributed by atoms with E-state index in [1.54, 1.807) is 0 Å². The van der Waals surface area contributed by atoms with Crippen LogP contribution in [0.3, 0.4) is 0 Å². The van der Waals surface area contributed by atoms with Crippen molar-refractivity contribution in [1.82, 2.24) is 15.2 Å². The van der Waals surface area contributed by atoms with Gasteiger partial charge in [0.2, 0.25) is 5.91 Å². The zero-order valence-electron chi connectivity index (χ0n) is 17.3. The lowest BCUT2D eigenvalue weighted by Gasteiger charge is -2.36. The average molecular weight is 393 g/mol. The highest BCUT2D eigenvalue weighted by Crippen LogP contribution is 2.27. The molecule has 2 unspecified atom stereocenters. The maximum Gasteiger partial charge on any atom is 0.253 e. The molecule has 2 aromatic rings. The van der Waals surface area contributed by atoms with Crippen molar-refractivity contribution in [1.29, 1.82) is 0 Å². The minimum atomic E-state index is -0.108. The summed E-state index contributed by atoms with van der Waals surface area (Å²) in [6.07, 6.45) is 2.70. The fraction of sp³-hybridized carbons (Fsp3) is 0.435. The molecule has 0 spiro atoms. The maximum absolute atomic E-state index is 12.9. The van der Waals surface area contributed by atoms with Gasteiger partial charge in [-0.1, -0.05) is 18.2 Å². The summed E-state index contributed by atoms with van der Waals surface area (Å²) in [5.41, 5.74) is 3.99. The van der Waals surface area contributed by atoms with Crippen molar-refractivity contribution in [2.24, 2.45) is 0 Å². The number of rotatable bonds is 3. The van der Waals surface area contributed by atoms with Crippen LogP contribution >= 0.6 is 0 Å². The van der Waals surface area contributed by atoms with E-state index in [0.29, 0.717) is 18.7 Å². The summed E-state index contributed by atoms with van der Waals surface area (Å²) in [6, 6.07) is 9.90. The molecule has 29 heavy (non-hydrogen) atoms. The second kappa shape index (κ2) is 7.85. The van der Waals surface area contributed by atoms with Crippen molar-refractivity contribution >= 4 is 17.6 Å². The van der Waals surface area contributed by atoms with E-state index in [9.17, 15) is 9.59 Å². The molecule has 6 heteroatoms. The Hall–Kier alpha value is -2.89. The van der Waals surface area contributed by atoms with Crippen LogP contribution in [-0.2, 0) is 4.79 Å². The predicted molar refractivity (Wildman–Crippen MR) is 113 cm³/mol. The van der Waals surface area contributed by atoms with Crippen molar-refractivity contribution in [3.63, 3.8) is 0 Å². The van der Waals surface area contributed by atoms with Crippen molar-refractivity contribution < 1.29 is 9.59 Å². The van der Waals surface area contributed by atoms with Gasteiger partial charge in [0.1, 0.15) is 5.82 Å². The number of nitrogens with one attached hydrogen (secondary N) is 1. The van der Waals surface area contributed by atoms with Crippen LogP contribution in [0.1, 0.15) is 46.3 Å². The number of anilines is 1. The van der Waals surface area contributed by atoms with E-state index in [0.717, 1.165) is 36.5 Å². The SMILES string of the molecule is Cc1cnc(N2CCN(C(=O)c3ccc(C4CC(C)NC4=O)cc3)CC2)c(C)c1. The number of aromatic nitrogens is 1. The summed E-state index contributed by atoms with van der Waals surface area (Å²) < 4.78 is 0. The van der Waals surface area contributed by atoms with Gasteiger partial charge >= 0.3 is 0 Å². The molecular weight excluding hydrogens is 364 g/mol. The van der Waals surface area contributed by atoms with Gasteiger partial charge in [-0.2, -0.15) is 0 Å². The van der Waals surface area contributed by atoms with E-state index >= 15 is 0 Å². The van der Waals surface area contributed by atoms with Gasteiger partial charge in [-0.05, 0) is 56.0 Å². The van der Waals surface area contributed by atoms with E-state index in [4.69, 9.17) is 0 Å². The molecule has 0 saturated carbocycles. The molecule has 1 aromatic heterocycles. The lowest BCUT2D eigenvalue weighted by atomic mass is 9.95. The molecule has 2 saturated heterocycles. The second-order valence-electron chi connectivity index (χ2n) is 8.25. The van der Waals surface area contributed by atoms with Crippen molar-refractivity contribution in [2.75, 3.05) is 31.1 Å². The van der Waals surface area contributed by atoms with Crippen molar-refractivity contribution in [3.8, 4) is 0 Å². The van der Waals surface area contributed by atoms with Gasteiger partial charge in [-0.3, -0.25) is 9.59 Å². The molecule has 0 bridgehead atoms. The maximum atomic E-state index is 12.9.